The van der Waals surface area contributed by atoms with Gasteiger partial charge in [-0.05, 0) is 55.3 Å². The van der Waals surface area contributed by atoms with E-state index in [2.05, 4.69) is 15.6 Å². The highest BCUT2D eigenvalue weighted by Crippen LogP contribution is 2.19. The smallest absolute Gasteiger partial charge is 0.343 e. The average Bonchev–Trinajstić information content (AvgIpc) is 2.88. The highest BCUT2D eigenvalue weighted by Gasteiger charge is 2.15. The maximum absolute atomic E-state index is 12.7. The molecule has 3 aromatic carbocycles. The number of H-pyrrole nitrogens is 1. The van der Waals surface area contributed by atoms with Crippen molar-refractivity contribution in [2.45, 2.75) is 19.9 Å². The van der Waals surface area contributed by atoms with Crippen molar-refractivity contribution in [2.24, 2.45) is 0 Å². The number of esters is 1. The van der Waals surface area contributed by atoms with Crippen LogP contribution in [0.2, 0.25) is 0 Å². The van der Waals surface area contributed by atoms with Crippen LogP contribution in [-0.4, -0.2) is 36.1 Å². The Balaban J connectivity index is 1.39. The zero-order valence-electron chi connectivity index (χ0n) is 19.6. The highest BCUT2D eigenvalue weighted by molar-refractivity contribution is 5.95. The zero-order chi connectivity index (χ0) is 24.8. The van der Waals surface area contributed by atoms with Crippen molar-refractivity contribution in [1.29, 1.82) is 0 Å². The molecule has 0 bridgehead atoms. The van der Waals surface area contributed by atoms with Crippen molar-refractivity contribution in [3.05, 3.63) is 100 Å². The van der Waals surface area contributed by atoms with Gasteiger partial charge in [0, 0.05) is 40.9 Å². The molecule has 0 saturated heterocycles. The standard InChI is InChI=1S/C28H27N3O4/c1-3-35-28(34)24-17-30-25-14-13-22(15-23(25)26(24)32)29-16-18(2)31-27(33)21-11-9-20(10-12-21)19-7-5-4-6-8-19/h4-15,17-18,29H,3,16H2,1-2H3,(H,30,32)(H,31,33)/t18-/m0/s1. The molecule has 0 aliphatic carbocycles. The molecule has 3 N–H and O–H groups in total. The van der Waals surface area contributed by atoms with Gasteiger partial charge in [-0.15, -0.1) is 0 Å². The highest BCUT2D eigenvalue weighted by atomic mass is 16.5. The Kier molecular flexibility index (Phi) is 7.26. The van der Waals surface area contributed by atoms with Gasteiger partial charge in [0.05, 0.1) is 6.61 Å². The van der Waals surface area contributed by atoms with E-state index in [0.717, 1.165) is 11.1 Å². The molecular weight excluding hydrogens is 442 g/mol. The Labute approximate surface area is 203 Å². The molecule has 4 aromatic rings. The number of benzene rings is 3. The van der Waals surface area contributed by atoms with E-state index in [0.29, 0.717) is 28.7 Å². The summed E-state index contributed by atoms with van der Waals surface area (Å²) < 4.78 is 4.95. The molecule has 0 fully saturated rings. The minimum absolute atomic E-state index is 0.0320. The van der Waals surface area contributed by atoms with Crippen LogP contribution in [0, 0.1) is 0 Å². The number of hydrogen-bond donors (Lipinski definition) is 3. The van der Waals surface area contributed by atoms with Crippen LogP contribution >= 0.6 is 0 Å². The van der Waals surface area contributed by atoms with Crippen LogP contribution in [0.1, 0.15) is 34.6 Å². The third-order valence-corrected chi connectivity index (χ3v) is 5.62. The summed E-state index contributed by atoms with van der Waals surface area (Å²) >= 11 is 0. The van der Waals surface area contributed by atoms with Gasteiger partial charge in [-0.25, -0.2) is 4.79 Å². The lowest BCUT2D eigenvalue weighted by Gasteiger charge is -2.16. The van der Waals surface area contributed by atoms with Crippen LogP contribution < -0.4 is 16.1 Å². The van der Waals surface area contributed by atoms with E-state index in [1.165, 1.54) is 6.20 Å². The lowest BCUT2D eigenvalue weighted by molar-refractivity contribution is 0.0524. The molecule has 0 spiro atoms. The molecule has 1 amide bonds. The number of amides is 1. The van der Waals surface area contributed by atoms with Gasteiger partial charge in [-0.2, -0.15) is 0 Å². The summed E-state index contributed by atoms with van der Waals surface area (Å²) in [5.74, 6) is -0.810. The molecule has 7 heteroatoms. The SMILES string of the molecule is CCOC(=O)c1c[nH]c2ccc(NC[C@H](C)NC(=O)c3ccc(-c4ccccc4)cc3)cc2c1=O. The number of rotatable bonds is 8. The second-order valence-electron chi connectivity index (χ2n) is 8.21. The molecule has 0 aliphatic heterocycles. The number of aromatic amines is 1. The molecule has 4 rings (SSSR count). The normalized spacial score (nSPS) is 11.6. The number of ether oxygens (including phenoxy) is 1. The van der Waals surface area contributed by atoms with Crippen molar-refractivity contribution in [3.8, 4) is 11.1 Å². The first-order valence-corrected chi connectivity index (χ1v) is 11.5. The van der Waals surface area contributed by atoms with E-state index in [-0.39, 0.29) is 29.5 Å². The topological polar surface area (TPSA) is 100 Å². The Hall–Kier alpha value is -4.39. The Morgan fingerprint density at radius 1 is 0.971 bits per heavy atom. The fourth-order valence-corrected chi connectivity index (χ4v) is 3.76. The maximum atomic E-state index is 12.7. The van der Waals surface area contributed by atoms with Gasteiger partial charge in [0.1, 0.15) is 5.56 Å². The number of anilines is 1. The Morgan fingerprint density at radius 3 is 2.40 bits per heavy atom. The number of hydrogen-bond acceptors (Lipinski definition) is 5. The third kappa shape index (κ3) is 5.58. The molecule has 0 unspecified atom stereocenters. The second kappa shape index (κ2) is 10.7. The van der Waals surface area contributed by atoms with Gasteiger partial charge < -0.3 is 20.4 Å². The lowest BCUT2D eigenvalue weighted by Crippen LogP contribution is -2.37. The van der Waals surface area contributed by atoms with Crippen LogP contribution in [0.4, 0.5) is 5.69 Å². The number of carbonyl (C=O) groups is 2. The molecule has 1 aromatic heterocycles. The van der Waals surface area contributed by atoms with E-state index in [1.54, 1.807) is 19.1 Å². The summed E-state index contributed by atoms with van der Waals surface area (Å²) in [5.41, 5.74) is 3.64. The molecule has 1 heterocycles. The van der Waals surface area contributed by atoms with Gasteiger partial charge in [-0.3, -0.25) is 9.59 Å². The van der Waals surface area contributed by atoms with Crippen LogP contribution in [-0.2, 0) is 4.74 Å². The third-order valence-electron chi connectivity index (χ3n) is 5.62. The van der Waals surface area contributed by atoms with Crippen LogP contribution in [0.5, 0.6) is 0 Å². The number of pyridine rings is 1. The lowest BCUT2D eigenvalue weighted by atomic mass is 10.0. The first-order valence-electron chi connectivity index (χ1n) is 11.5. The first kappa shape index (κ1) is 23.8. The fraction of sp³-hybridized carbons (Fsp3) is 0.179. The van der Waals surface area contributed by atoms with Crippen molar-refractivity contribution in [2.75, 3.05) is 18.5 Å². The summed E-state index contributed by atoms with van der Waals surface area (Å²) in [7, 11) is 0. The minimum Gasteiger partial charge on any atom is -0.462 e. The summed E-state index contributed by atoms with van der Waals surface area (Å²) in [5, 5.41) is 6.61. The Bertz CT molecular complexity index is 1400. The number of fused-ring (bicyclic) bond motifs is 1. The van der Waals surface area contributed by atoms with Crippen molar-refractivity contribution in [1.82, 2.24) is 10.3 Å². The zero-order valence-corrected chi connectivity index (χ0v) is 19.6. The molecule has 178 valence electrons. The monoisotopic (exact) mass is 469 g/mol. The predicted molar refractivity (Wildman–Crippen MR) is 138 cm³/mol. The first-order chi connectivity index (χ1) is 17.0. The van der Waals surface area contributed by atoms with Crippen LogP contribution in [0.15, 0.2) is 83.8 Å². The van der Waals surface area contributed by atoms with Gasteiger partial charge in [0.2, 0.25) is 5.43 Å². The quantitative estimate of drug-likeness (QED) is 0.328. The van der Waals surface area contributed by atoms with E-state index in [1.807, 2.05) is 67.6 Å². The minimum atomic E-state index is -0.651. The Morgan fingerprint density at radius 2 is 1.69 bits per heavy atom. The van der Waals surface area contributed by atoms with Gasteiger partial charge in [-0.1, -0.05) is 42.5 Å². The largest absolute Gasteiger partial charge is 0.462 e. The van der Waals surface area contributed by atoms with Crippen molar-refractivity contribution < 1.29 is 14.3 Å². The summed E-state index contributed by atoms with van der Waals surface area (Å²) in [6.07, 6.45) is 1.37. The molecule has 0 saturated carbocycles. The molecule has 7 nitrogen and oxygen atoms in total. The van der Waals surface area contributed by atoms with Gasteiger partial charge >= 0.3 is 5.97 Å². The summed E-state index contributed by atoms with van der Waals surface area (Å²) in [6, 6.07) is 22.6. The number of carbonyl (C=O) groups excluding carboxylic acids is 2. The predicted octanol–water partition coefficient (Wildman–Crippen LogP) is 4.60. The molecule has 0 aliphatic rings. The maximum Gasteiger partial charge on any atom is 0.343 e. The van der Waals surface area contributed by atoms with E-state index < -0.39 is 5.97 Å². The molecule has 0 radical (unpaired) electrons. The molecule has 35 heavy (non-hydrogen) atoms. The fourth-order valence-electron chi connectivity index (χ4n) is 3.76. The summed E-state index contributed by atoms with van der Waals surface area (Å²) in [6.45, 7) is 4.23. The van der Waals surface area contributed by atoms with Crippen LogP contribution in [0.25, 0.3) is 22.0 Å². The van der Waals surface area contributed by atoms with Crippen LogP contribution in [0.3, 0.4) is 0 Å². The molecule has 1 atom stereocenters. The van der Waals surface area contributed by atoms with Crippen molar-refractivity contribution in [3.63, 3.8) is 0 Å². The van der Waals surface area contributed by atoms with E-state index in [9.17, 15) is 14.4 Å². The van der Waals surface area contributed by atoms with Gasteiger partial charge in [0.15, 0.2) is 0 Å². The van der Waals surface area contributed by atoms with E-state index in [4.69, 9.17) is 4.74 Å². The van der Waals surface area contributed by atoms with Gasteiger partial charge in [0.25, 0.3) is 5.91 Å². The molecular formula is C28H27N3O4. The second-order valence-corrected chi connectivity index (χ2v) is 8.21. The van der Waals surface area contributed by atoms with Crippen molar-refractivity contribution >= 4 is 28.5 Å². The number of nitrogens with one attached hydrogen (secondary N) is 3. The van der Waals surface area contributed by atoms with E-state index >= 15 is 0 Å². The average molecular weight is 470 g/mol. The summed E-state index contributed by atoms with van der Waals surface area (Å²) in [4.78, 5) is 40.4. The number of aromatic nitrogens is 1.